The second kappa shape index (κ2) is 6.16. The molecule has 0 aliphatic heterocycles. The summed E-state index contributed by atoms with van der Waals surface area (Å²) in [5.41, 5.74) is 6.87. The molecule has 0 bridgehead atoms. The lowest BCUT2D eigenvalue weighted by Crippen LogP contribution is -1.90. The fourth-order valence-corrected chi connectivity index (χ4v) is 2.77. The Balaban J connectivity index is 1.99. The zero-order valence-electron chi connectivity index (χ0n) is 10.0. The Morgan fingerprint density at radius 2 is 1.72 bits per heavy atom. The molecule has 2 aromatic rings. The summed E-state index contributed by atoms with van der Waals surface area (Å²) in [6, 6.07) is 13.3. The van der Waals surface area contributed by atoms with E-state index in [1.807, 2.05) is 6.07 Å². The second-order valence-electron chi connectivity index (χ2n) is 3.82. The van der Waals surface area contributed by atoms with Crippen LogP contribution in [0.1, 0.15) is 5.56 Å². The molecule has 0 aliphatic rings. The Morgan fingerprint density at radius 3 is 2.33 bits per heavy atom. The van der Waals surface area contributed by atoms with Gasteiger partial charge in [0.2, 0.25) is 0 Å². The first-order valence-corrected chi connectivity index (χ1v) is 7.71. The van der Waals surface area contributed by atoms with Crippen LogP contribution in [0.4, 0.5) is 10.1 Å². The van der Waals surface area contributed by atoms with Crippen molar-refractivity contribution in [1.29, 1.82) is 0 Å². The lowest BCUT2D eigenvalue weighted by Gasteiger charge is -2.04. The number of halogens is 1. The Hall–Kier alpha value is -1.13. The molecule has 94 valence electrons. The third kappa shape index (κ3) is 3.43. The average Bonchev–Trinajstić information content (AvgIpc) is 2.41. The van der Waals surface area contributed by atoms with Crippen molar-refractivity contribution in [3.63, 3.8) is 0 Å². The Kier molecular flexibility index (Phi) is 4.55. The normalized spacial score (nSPS) is 10.6. The molecule has 0 spiro atoms. The van der Waals surface area contributed by atoms with Crippen molar-refractivity contribution in [3.05, 3.63) is 53.8 Å². The summed E-state index contributed by atoms with van der Waals surface area (Å²) < 4.78 is 13.3. The molecule has 0 amide bonds. The van der Waals surface area contributed by atoms with Crippen LogP contribution in [-0.2, 0) is 5.75 Å². The van der Waals surface area contributed by atoms with Gasteiger partial charge in [-0.15, -0.1) is 23.5 Å². The lowest BCUT2D eigenvalue weighted by atomic mass is 10.2. The third-order valence-electron chi connectivity index (χ3n) is 2.54. The minimum Gasteiger partial charge on any atom is -0.396 e. The van der Waals surface area contributed by atoms with Gasteiger partial charge in [-0.1, -0.05) is 12.1 Å². The van der Waals surface area contributed by atoms with Crippen molar-refractivity contribution >= 4 is 29.2 Å². The smallest absolute Gasteiger partial charge is 0.147 e. The van der Waals surface area contributed by atoms with Crippen LogP contribution in [0.25, 0.3) is 0 Å². The van der Waals surface area contributed by atoms with E-state index in [1.165, 1.54) is 16.5 Å². The molecule has 0 unspecified atom stereocenters. The first-order valence-electron chi connectivity index (χ1n) is 5.50. The summed E-state index contributed by atoms with van der Waals surface area (Å²) in [5.74, 6) is 0.482. The lowest BCUT2D eigenvalue weighted by molar-refractivity contribution is 0.629. The second-order valence-corrected chi connectivity index (χ2v) is 5.75. The molecule has 4 heteroatoms. The first-order chi connectivity index (χ1) is 8.69. The van der Waals surface area contributed by atoms with Crippen molar-refractivity contribution in [2.75, 3.05) is 12.0 Å². The monoisotopic (exact) mass is 279 g/mol. The van der Waals surface area contributed by atoms with Gasteiger partial charge in [0.1, 0.15) is 5.82 Å². The van der Waals surface area contributed by atoms with Crippen molar-refractivity contribution in [2.45, 2.75) is 15.5 Å². The summed E-state index contributed by atoms with van der Waals surface area (Å²) in [6.45, 7) is 0. The van der Waals surface area contributed by atoms with Crippen LogP contribution < -0.4 is 5.73 Å². The van der Waals surface area contributed by atoms with E-state index < -0.39 is 0 Å². The third-order valence-corrected chi connectivity index (χ3v) is 4.34. The van der Waals surface area contributed by atoms with Gasteiger partial charge >= 0.3 is 0 Å². The number of thioether (sulfide) groups is 2. The molecule has 0 aromatic heterocycles. The number of benzene rings is 2. The van der Waals surface area contributed by atoms with Gasteiger partial charge in [0, 0.05) is 15.5 Å². The van der Waals surface area contributed by atoms with E-state index >= 15 is 0 Å². The van der Waals surface area contributed by atoms with E-state index in [0.717, 1.165) is 10.6 Å². The zero-order valence-corrected chi connectivity index (χ0v) is 11.7. The molecule has 0 saturated heterocycles. The van der Waals surface area contributed by atoms with Gasteiger partial charge in [0.15, 0.2) is 0 Å². The van der Waals surface area contributed by atoms with E-state index in [1.54, 1.807) is 29.6 Å². The molecule has 0 fully saturated rings. The fourth-order valence-electron chi connectivity index (χ4n) is 1.49. The highest BCUT2D eigenvalue weighted by Gasteiger charge is 2.01. The zero-order chi connectivity index (χ0) is 13.0. The van der Waals surface area contributed by atoms with Crippen LogP contribution >= 0.6 is 23.5 Å². The largest absolute Gasteiger partial charge is 0.396 e. The van der Waals surface area contributed by atoms with Gasteiger partial charge in [-0.2, -0.15) is 0 Å². The summed E-state index contributed by atoms with van der Waals surface area (Å²) in [6.07, 6.45) is 2.06. The maximum atomic E-state index is 13.3. The average molecular weight is 279 g/mol. The van der Waals surface area contributed by atoms with Crippen LogP contribution in [0.15, 0.2) is 52.3 Å². The highest BCUT2D eigenvalue weighted by Crippen LogP contribution is 2.26. The fraction of sp³-hybridized carbons (Fsp3) is 0.143. The van der Waals surface area contributed by atoms with Crippen LogP contribution in [0.3, 0.4) is 0 Å². The van der Waals surface area contributed by atoms with Gasteiger partial charge in [-0.05, 0) is 42.2 Å². The van der Waals surface area contributed by atoms with Crippen LogP contribution in [0, 0.1) is 5.82 Å². The molecule has 0 heterocycles. The number of hydrogen-bond acceptors (Lipinski definition) is 3. The van der Waals surface area contributed by atoms with Crippen molar-refractivity contribution in [2.24, 2.45) is 0 Å². The van der Waals surface area contributed by atoms with Crippen LogP contribution in [0.2, 0.25) is 0 Å². The van der Waals surface area contributed by atoms with Gasteiger partial charge in [-0.25, -0.2) is 4.39 Å². The molecule has 2 N–H and O–H groups in total. The maximum absolute atomic E-state index is 13.3. The van der Waals surface area contributed by atoms with Gasteiger partial charge in [0.05, 0.1) is 5.69 Å². The number of anilines is 1. The standard InChI is InChI=1S/C14H14FNS2/c1-17-11-4-2-10(3-5-11)9-18-12-6-7-14(16)13(15)8-12/h2-8H,9,16H2,1H3. The highest BCUT2D eigenvalue weighted by atomic mass is 32.2. The van der Waals surface area contributed by atoms with E-state index in [4.69, 9.17) is 5.73 Å². The highest BCUT2D eigenvalue weighted by molar-refractivity contribution is 7.98. The minimum absolute atomic E-state index is 0.198. The summed E-state index contributed by atoms with van der Waals surface area (Å²) in [7, 11) is 0. The van der Waals surface area contributed by atoms with Crippen LogP contribution in [0.5, 0.6) is 0 Å². The molecular weight excluding hydrogens is 265 g/mol. The Bertz CT molecular complexity index is 526. The van der Waals surface area contributed by atoms with E-state index in [2.05, 4.69) is 30.5 Å². The molecular formula is C14H14FNS2. The Morgan fingerprint density at radius 1 is 1.06 bits per heavy atom. The topological polar surface area (TPSA) is 26.0 Å². The number of hydrogen-bond donors (Lipinski definition) is 1. The first kappa shape index (κ1) is 13.3. The van der Waals surface area contributed by atoms with E-state index in [0.29, 0.717) is 0 Å². The molecule has 2 aromatic carbocycles. The predicted molar refractivity (Wildman–Crippen MR) is 78.6 cm³/mol. The Labute approximate surface area is 115 Å². The number of nitrogen functional groups attached to an aromatic ring is 1. The quantitative estimate of drug-likeness (QED) is 0.662. The molecule has 0 radical (unpaired) electrons. The minimum atomic E-state index is -0.349. The molecule has 2 rings (SSSR count). The summed E-state index contributed by atoms with van der Waals surface area (Å²) in [4.78, 5) is 2.15. The number of rotatable bonds is 4. The van der Waals surface area contributed by atoms with Gasteiger partial charge in [-0.3, -0.25) is 0 Å². The van der Waals surface area contributed by atoms with E-state index in [-0.39, 0.29) is 11.5 Å². The van der Waals surface area contributed by atoms with E-state index in [9.17, 15) is 4.39 Å². The predicted octanol–water partition coefficient (Wildman–Crippen LogP) is 4.42. The van der Waals surface area contributed by atoms with Gasteiger partial charge < -0.3 is 5.73 Å². The SMILES string of the molecule is CSc1ccc(CSc2ccc(N)c(F)c2)cc1. The molecule has 1 nitrogen and oxygen atoms in total. The summed E-state index contributed by atoms with van der Waals surface area (Å²) in [5, 5.41) is 0. The van der Waals surface area contributed by atoms with Crippen molar-refractivity contribution < 1.29 is 4.39 Å². The molecule has 0 saturated carbocycles. The van der Waals surface area contributed by atoms with Crippen LogP contribution in [-0.4, -0.2) is 6.26 Å². The molecule has 0 aliphatic carbocycles. The van der Waals surface area contributed by atoms with Crippen molar-refractivity contribution in [1.82, 2.24) is 0 Å². The molecule has 0 atom stereocenters. The maximum Gasteiger partial charge on any atom is 0.147 e. The van der Waals surface area contributed by atoms with Gasteiger partial charge in [0.25, 0.3) is 0 Å². The van der Waals surface area contributed by atoms with Crippen molar-refractivity contribution in [3.8, 4) is 0 Å². The molecule has 18 heavy (non-hydrogen) atoms. The number of nitrogens with two attached hydrogens (primary N) is 1. The summed E-state index contributed by atoms with van der Waals surface area (Å²) >= 11 is 3.33.